The molecule has 2 aromatic carbocycles. The van der Waals surface area contributed by atoms with Crippen LogP contribution >= 0.6 is 11.3 Å². The highest BCUT2D eigenvalue weighted by Gasteiger charge is 2.03. The lowest BCUT2D eigenvalue weighted by atomic mass is 10.1. The lowest BCUT2D eigenvalue weighted by molar-refractivity contribution is 1.48. The van der Waals surface area contributed by atoms with Crippen LogP contribution < -0.4 is 0 Å². The number of aryl methyl sites for hydroxylation is 2. The summed E-state index contributed by atoms with van der Waals surface area (Å²) in [6.07, 6.45) is 0. The third-order valence-corrected chi connectivity index (χ3v) is 4.16. The Morgan fingerprint density at radius 3 is 2.24 bits per heavy atom. The zero-order valence-electron chi connectivity index (χ0n) is 10.0. The number of rotatable bonds is 1. The summed E-state index contributed by atoms with van der Waals surface area (Å²) in [5.74, 6) is 0. The molecular formula is C16H14S. The van der Waals surface area contributed by atoms with Crippen LogP contribution in [0.5, 0.6) is 0 Å². The molecule has 0 radical (unpaired) electrons. The van der Waals surface area contributed by atoms with Crippen LogP contribution in [0.1, 0.15) is 11.1 Å². The Morgan fingerprint density at radius 1 is 0.765 bits per heavy atom. The average molecular weight is 238 g/mol. The molecule has 1 aromatic heterocycles. The van der Waals surface area contributed by atoms with E-state index < -0.39 is 0 Å². The Hall–Kier alpha value is -1.60. The molecular weight excluding hydrogens is 224 g/mol. The molecule has 0 unspecified atom stereocenters. The van der Waals surface area contributed by atoms with E-state index in [2.05, 4.69) is 62.4 Å². The van der Waals surface area contributed by atoms with E-state index in [4.69, 9.17) is 0 Å². The van der Waals surface area contributed by atoms with Crippen LogP contribution in [0.25, 0.3) is 20.5 Å². The first-order valence-electron chi connectivity index (χ1n) is 5.79. The van der Waals surface area contributed by atoms with E-state index in [1.54, 1.807) is 0 Å². The molecule has 0 amide bonds. The van der Waals surface area contributed by atoms with Gasteiger partial charge in [0.1, 0.15) is 0 Å². The largest absolute Gasteiger partial charge is 0.135 e. The topological polar surface area (TPSA) is 0 Å². The molecule has 1 heterocycles. The van der Waals surface area contributed by atoms with Gasteiger partial charge in [0, 0.05) is 9.58 Å². The highest BCUT2D eigenvalue weighted by Crippen LogP contribution is 2.33. The van der Waals surface area contributed by atoms with Crippen LogP contribution in [0.4, 0.5) is 0 Å². The molecule has 3 aromatic rings. The van der Waals surface area contributed by atoms with E-state index in [1.807, 2.05) is 11.3 Å². The maximum atomic E-state index is 2.28. The van der Waals surface area contributed by atoms with E-state index in [1.165, 1.54) is 31.7 Å². The Labute approximate surface area is 106 Å². The van der Waals surface area contributed by atoms with Gasteiger partial charge in [-0.3, -0.25) is 0 Å². The number of benzene rings is 2. The van der Waals surface area contributed by atoms with Crippen molar-refractivity contribution in [1.82, 2.24) is 0 Å². The molecule has 1 heteroatoms. The fourth-order valence-electron chi connectivity index (χ4n) is 2.00. The number of hydrogen-bond acceptors (Lipinski definition) is 1. The monoisotopic (exact) mass is 238 g/mol. The summed E-state index contributed by atoms with van der Waals surface area (Å²) >= 11 is 1.87. The van der Waals surface area contributed by atoms with Gasteiger partial charge in [-0.2, -0.15) is 0 Å². The molecule has 0 fully saturated rings. The van der Waals surface area contributed by atoms with Gasteiger partial charge in [-0.05, 0) is 42.5 Å². The second-order valence-corrected chi connectivity index (χ2v) is 5.60. The SMILES string of the molecule is Cc1ccc(-c2cc3ccc(C)cc3s2)cc1. The zero-order chi connectivity index (χ0) is 11.8. The van der Waals surface area contributed by atoms with Gasteiger partial charge in [0.2, 0.25) is 0 Å². The number of hydrogen-bond donors (Lipinski definition) is 0. The Balaban J connectivity index is 2.14. The first-order chi connectivity index (χ1) is 8.22. The van der Waals surface area contributed by atoms with Gasteiger partial charge in [0.15, 0.2) is 0 Å². The predicted molar refractivity (Wildman–Crippen MR) is 76.7 cm³/mol. The van der Waals surface area contributed by atoms with Gasteiger partial charge in [0.05, 0.1) is 0 Å². The quantitative estimate of drug-likeness (QED) is 0.547. The van der Waals surface area contributed by atoms with E-state index in [0.717, 1.165) is 0 Å². The summed E-state index contributed by atoms with van der Waals surface area (Å²) < 4.78 is 1.38. The fraction of sp³-hybridized carbons (Fsp3) is 0.125. The molecule has 0 aliphatic rings. The highest BCUT2D eigenvalue weighted by atomic mass is 32.1. The van der Waals surface area contributed by atoms with Gasteiger partial charge < -0.3 is 0 Å². The van der Waals surface area contributed by atoms with Crippen molar-refractivity contribution in [1.29, 1.82) is 0 Å². The summed E-state index contributed by atoms with van der Waals surface area (Å²) in [6, 6.07) is 17.7. The van der Waals surface area contributed by atoms with Crippen molar-refractivity contribution in [2.75, 3.05) is 0 Å². The minimum atomic E-state index is 1.31. The van der Waals surface area contributed by atoms with Crippen molar-refractivity contribution < 1.29 is 0 Å². The van der Waals surface area contributed by atoms with E-state index in [0.29, 0.717) is 0 Å². The molecule has 0 nitrogen and oxygen atoms in total. The maximum Gasteiger partial charge on any atom is 0.0355 e. The van der Waals surface area contributed by atoms with Gasteiger partial charge in [-0.1, -0.05) is 42.0 Å². The molecule has 0 aliphatic heterocycles. The second kappa shape index (κ2) is 4.01. The lowest BCUT2D eigenvalue weighted by Crippen LogP contribution is -1.72. The van der Waals surface area contributed by atoms with Crippen molar-refractivity contribution in [2.45, 2.75) is 13.8 Å². The molecule has 0 bridgehead atoms. The van der Waals surface area contributed by atoms with Crippen molar-refractivity contribution in [3.05, 3.63) is 59.7 Å². The summed E-state index contributed by atoms with van der Waals surface area (Å²) in [4.78, 5) is 1.35. The molecule has 0 aliphatic carbocycles. The van der Waals surface area contributed by atoms with Crippen LogP contribution in [0.3, 0.4) is 0 Å². The Morgan fingerprint density at radius 2 is 1.47 bits per heavy atom. The average Bonchev–Trinajstić information content (AvgIpc) is 2.72. The maximum absolute atomic E-state index is 2.28. The molecule has 3 rings (SSSR count). The third kappa shape index (κ3) is 1.98. The van der Waals surface area contributed by atoms with Crippen LogP contribution in [-0.4, -0.2) is 0 Å². The normalized spacial score (nSPS) is 10.9. The minimum Gasteiger partial charge on any atom is -0.135 e. The highest BCUT2D eigenvalue weighted by molar-refractivity contribution is 7.22. The van der Waals surface area contributed by atoms with Crippen molar-refractivity contribution in [2.24, 2.45) is 0 Å². The molecule has 84 valence electrons. The first-order valence-corrected chi connectivity index (χ1v) is 6.61. The minimum absolute atomic E-state index is 1.31. The molecule has 0 atom stereocenters. The van der Waals surface area contributed by atoms with Gasteiger partial charge in [-0.15, -0.1) is 11.3 Å². The predicted octanol–water partition coefficient (Wildman–Crippen LogP) is 5.19. The van der Waals surface area contributed by atoms with E-state index in [-0.39, 0.29) is 0 Å². The molecule has 17 heavy (non-hydrogen) atoms. The Bertz CT molecular complexity index is 660. The molecule has 0 saturated carbocycles. The number of fused-ring (bicyclic) bond motifs is 1. The first kappa shape index (κ1) is 10.5. The van der Waals surface area contributed by atoms with Gasteiger partial charge in [0.25, 0.3) is 0 Å². The van der Waals surface area contributed by atoms with Crippen LogP contribution in [0.2, 0.25) is 0 Å². The standard InChI is InChI=1S/C16H14S/c1-11-3-6-13(7-4-11)16-10-14-8-5-12(2)9-15(14)17-16/h3-10H,1-2H3. The van der Waals surface area contributed by atoms with Gasteiger partial charge in [-0.25, -0.2) is 0 Å². The van der Waals surface area contributed by atoms with E-state index in [9.17, 15) is 0 Å². The fourth-order valence-corrected chi connectivity index (χ4v) is 3.16. The van der Waals surface area contributed by atoms with Crippen LogP contribution in [-0.2, 0) is 0 Å². The van der Waals surface area contributed by atoms with E-state index >= 15 is 0 Å². The van der Waals surface area contributed by atoms with Crippen molar-refractivity contribution >= 4 is 21.4 Å². The second-order valence-electron chi connectivity index (χ2n) is 4.52. The summed E-state index contributed by atoms with van der Waals surface area (Å²) in [5.41, 5.74) is 3.95. The molecule has 0 N–H and O–H groups in total. The van der Waals surface area contributed by atoms with Crippen LogP contribution in [0.15, 0.2) is 48.5 Å². The van der Waals surface area contributed by atoms with Crippen LogP contribution in [0, 0.1) is 13.8 Å². The van der Waals surface area contributed by atoms with Gasteiger partial charge >= 0.3 is 0 Å². The summed E-state index contributed by atoms with van der Waals surface area (Å²) in [5, 5.41) is 1.34. The summed E-state index contributed by atoms with van der Waals surface area (Å²) in [7, 11) is 0. The number of thiophene rings is 1. The molecule has 0 saturated heterocycles. The lowest BCUT2D eigenvalue weighted by Gasteiger charge is -1.96. The summed E-state index contributed by atoms with van der Waals surface area (Å²) in [6.45, 7) is 4.27. The zero-order valence-corrected chi connectivity index (χ0v) is 10.8. The molecule has 0 spiro atoms. The van der Waals surface area contributed by atoms with Crippen molar-refractivity contribution in [3.63, 3.8) is 0 Å². The Kier molecular flexibility index (Phi) is 2.49. The van der Waals surface area contributed by atoms with Crippen molar-refractivity contribution in [3.8, 4) is 10.4 Å². The smallest absolute Gasteiger partial charge is 0.0355 e. The third-order valence-electron chi connectivity index (χ3n) is 3.01.